The van der Waals surface area contributed by atoms with Crippen molar-refractivity contribution in [3.05, 3.63) is 60.0 Å². The van der Waals surface area contributed by atoms with Gasteiger partial charge in [-0.3, -0.25) is 4.79 Å². The second-order valence-corrected chi connectivity index (χ2v) is 5.07. The van der Waals surface area contributed by atoms with Crippen LogP contribution in [0, 0.1) is 11.7 Å². The van der Waals surface area contributed by atoms with Crippen molar-refractivity contribution in [1.29, 1.82) is 0 Å². The molecule has 3 rings (SSSR count). The Hall–Kier alpha value is -1.90. The van der Waals surface area contributed by atoms with E-state index >= 15 is 0 Å². The van der Waals surface area contributed by atoms with Crippen LogP contribution in [0.2, 0.25) is 0 Å². The van der Waals surface area contributed by atoms with Crippen molar-refractivity contribution in [2.45, 2.75) is 18.9 Å². The molecule has 98 valence electrons. The summed E-state index contributed by atoms with van der Waals surface area (Å²) in [5.74, 6) is 0.103. The van der Waals surface area contributed by atoms with Gasteiger partial charge in [0.2, 0.25) is 0 Å². The lowest BCUT2D eigenvalue weighted by atomic mass is 9.86. The van der Waals surface area contributed by atoms with Gasteiger partial charge in [-0.2, -0.15) is 0 Å². The van der Waals surface area contributed by atoms with Gasteiger partial charge < -0.3 is 4.90 Å². The van der Waals surface area contributed by atoms with Crippen LogP contribution in [0.5, 0.6) is 0 Å². The molecule has 3 heteroatoms. The van der Waals surface area contributed by atoms with Gasteiger partial charge >= 0.3 is 0 Å². The summed E-state index contributed by atoms with van der Waals surface area (Å²) in [6, 6.07) is 5.94. The van der Waals surface area contributed by atoms with Crippen molar-refractivity contribution >= 4 is 5.91 Å². The molecule has 2 atom stereocenters. The number of amides is 1. The third-order valence-electron chi connectivity index (χ3n) is 3.86. The number of carbonyl (C=O) groups excluding carboxylic acids is 1. The maximum absolute atomic E-state index is 12.9. The molecule has 1 aliphatic carbocycles. The summed E-state index contributed by atoms with van der Waals surface area (Å²) in [6.07, 6.45) is 10.5. The highest BCUT2D eigenvalue weighted by Crippen LogP contribution is 2.29. The van der Waals surface area contributed by atoms with Crippen LogP contribution in [0.15, 0.2) is 48.6 Å². The van der Waals surface area contributed by atoms with Crippen LogP contribution in [-0.4, -0.2) is 23.4 Å². The molecule has 0 aromatic heterocycles. The number of hydrogen-bond acceptors (Lipinski definition) is 1. The molecular weight excluding hydrogens is 241 g/mol. The molecule has 0 N–H and O–H groups in total. The van der Waals surface area contributed by atoms with Crippen LogP contribution in [-0.2, 0) is 0 Å². The molecule has 0 spiro atoms. The zero-order valence-electron chi connectivity index (χ0n) is 10.6. The Morgan fingerprint density at radius 3 is 2.68 bits per heavy atom. The van der Waals surface area contributed by atoms with Crippen molar-refractivity contribution in [2.24, 2.45) is 5.92 Å². The number of allylic oxidation sites excluding steroid dienone is 2. The van der Waals surface area contributed by atoms with E-state index in [0.717, 1.165) is 19.4 Å². The molecular formula is C16H16FNO. The molecule has 1 aromatic carbocycles. The van der Waals surface area contributed by atoms with E-state index in [1.807, 2.05) is 17.1 Å². The lowest BCUT2D eigenvalue weighted by Gasteiger charge is -2.39. The average Bonchev–Trinajstić information content (AvgIpc) is 2.47. The largest absolute Gasteiger partial charge is 0.332 e. The number of rotatable bonds is 1. The highest BCUT2D eigenvalue weighted by Gasteiger charge is 2.32. The van der Waals surface area contributed by atoms with Gasteiger partial charge in [0, 0.05) is 18.0 Å². The van der Waals surface area contributed by atoms with Crippen LogP contribution in [0.3, 0.4) is 0 Å². The average molecular weight is 257 g/mol. The molecule has 1 saturated heterocycles. The van der Waals surface area contributed by atoms with Gasteiger partial charge in [0.05, 0.1) is 6.04 Å². The van der Waals surface area contributed by atoms with Crippen molar-refractivity contribution in [3.63, 3.8) is 0 Å². The second-order valence-electron chi connectivity index (χ2n) is 5.07. The Bertz CT molecular complexity index is 532. The summed E-state index contributed by atoms with van der Waals surface area (Å²) < 4.78 is 12.9. The molecule has 1 fully saturated rings. The Balaban J connectivity index is 1.84. The number of hydrogen-bond donors (Lipinski definition) is 0. The standard InChI is InChI=1S/C16H16FNO/c17-14-9-7-13(8-10-14)16(19)18-11-3-5-12-4-1-2-6-15(12)18/h1-2,4,6-10,12,15H,3,5,11H2/t12-,15-/m0/s1. The minimum absolute atomic E-state index is 0.00495. The maximum atomic E-state index is 12.9. The fourth-order valence-corrected chi connectivity index (χ4v) is 2.89. The number of halogens is 1. The maximum Gasteiger partial charge on any atom is 0.254 e. The number of carbonyl (C=O) groups is 1. The number of likely N-dealkylation sites (tertiary alicyclic amines) is 1. The van der Waals surface area contributed by atoms with E-state index in [1.54, 1.807) is 12.1 Å². The van der Waals surface area contributed by atoms with E-state index in [4.69, 9.17) is 0 Å². The Morgan fingerprint density at radius 2 is 1.89 bits per heavy atom. The van der Waals surface area contributed by atoms with Crippen LogP contribution in [0.1, 0.15) is 23.2 Å². The minimum Gasteiger partial charge on any atom is -0.332 e. The fourth-order valence-electron chi connectivity index (χ4n) is 2.89. The van der Waals surface area contributed by atoms with Gasteiger partial charge in [-0.25, -0.2) is 4.39 Å². The first kappa shape index (κ1) is 12.2. The van der Waals surface area contributed by atoms with Crippen molar-refractivity contribution in [3.8, 4) is 0 Å². The molecule has 1 aromatic rings. The predicted molar refractivity (Wildman–Crippen MR) is 72.2 cm³/mol. The first-order chi connectivity index (χ1) is 9.25. The van der Waals surface area contributed by atoms with Gasteiger partial charge in [-0.15, -0.1) is 0 Å². The summed E-state index contributed by atoms with van der Waals surface area (Å²) in [4.78, 5) is 14.4. The molecule has 1 aliphatic heterocycles. The number of benzene rings is 1. The van der Waals surface area contributed by atoms with E-state index in [2.05, 4.69) is 12.2 Å². The monoisotopic (exact) mass is 257 g/mol. The van der Waals surface area contributed by atoms with Gasteiger partial charge in [-0.1, -0.05) is 24.3 Å². The summed E-state index contributed by atoms with van der Waals surface area (Å²) in [6.45, 7) is 0.773. The van der Waals surface area contributed by atoms with Gasteiger partial charge in [0.1, 0.15) is 5.82 Å². The Labute approximate surface area is 112 Å². The molecule has 19 heavy (non-hydrogen) atoms. The first-order valence-electron chi connectivity index (χ1n) is 6.67. The summed E-state index contributed by atoms with van der Waals surface area (Å²) >= 11 is 0. The topological polar surface area (TPSA) is 20.3 Å². The molecule has 0 radical (unpaired) electrons. The molecule has 1 heterocycles. The number of piperidine rings is 1. The third kappa shape index (κ3) is 2.33. The van der Waals surface area contributed by atoms with E-state index in [-0.39, 0.29) is 17.8 Å². The van der Waals surface area contributed by atoms with Gasteiger partial charge in [-0.05, 0) is 37.1 Å². The van der Waals surface area contributed by atoms with Crippen molar-refractivity contribution < 1.29 is 9.18 Å². The second kappa shape index (κ2) is 5.00. The normalized spacial score (nSPS) is 25.2. The van der Waals surface area contributed by atoms with Crippen LogP contribution in [0.4, 0.5) is 4.39 Å². The molecule has 0 bridgehead atoms. The summed E-state index contributed by atoms with van der Waals surface area (Å²) in [7, 11) is 0. The SMILES string of the molecule is O=C(c1ccc(F)cc1)N1CCC[C@@H]2C=CC=C[C@@H]21. The molecule has 0 unspecified atom stereocenters. The van der Waals surface area contributed by atoms with E-state index in [9.17, 15) is 9.18 Å². The zero-order valence-corrected chi connectivity index (χ0v) is 10.6. The molecule has 1 amide bonds. The molecule has 2 nitrogen and oxygen atoms in total. The lowest BCUT2D eigenvalue weighted by Crippen LogP contribution is -2.47. The minimum atomic E-state index is -0.312. The van der Waals surface area contributed by atoms with Crippen LogP contribution in [0.25, 0.3) is 0 Å². The number of fused-ring (bicyclic) bond motifs is 1. The third-order valence-corrected chi connectivity index (χ3v) is 3.86. The van der Waals surface area contributed by atoms with E-state index < -0.39 is 0 Å². The summed E-state index contributed by atoms with van der Waals surface area (Å²) in [5, 5.41) is 0. The molecule has 0 saturated carbocycles. The smallest absolute Gasteiger partial charge is 0.254 e. The first-order valence-corrected chi connectivity index (χ1v) is 6.67. The highest BCUT2D eigenvalue weighted by atomic mass is 19.1. The van der Waals surface area contributed by atoms with Gasteiger partial charge in [0.25, 0.3) is 5.91 Å². The predicted octanol–water partition coefficient (Wildman–Crippen LogP) is 3.17. The highest BCUT2D eigenvalue weighted by molar-refractivity contribution is 5.94. The zero-order chi connectivity index (χ0) is 13.2. The van der Waals surface area contributed by atoms with Crippen LogP contribution >= 0.6 is 0 Å². The van der Waals surface area contributed by atoms with Gasteiger partial charge in [0.15, 0.2) is 0 Å². The van der Waals surface area contributed by atoms with Crippen molar-refractivity contribution in [2.75, 3.05) is 6.54 Å². The number of nitrogens with zero attached hydrogens (tertiary/aromatic N) is 1. The van der Waals surface area contributed by atoms with Crippen LogP contribution < -0.4 is 0 Å². The fraction of sp³-hybridized carbons (Fsp3) is 0.312. The van der Waals surface area contributed by atoms with Crippen molar-refractivity contribution in [1.82, 2.24) is 4.90 Å². The molecule has 2 aliphatic rings. The summed E-state index contributed by atoms with van der Waals surface area (Å²) in [5.41, 5.74) is 0.560. The Kier molecular flexibility index (Phi) is 3.20. The lowest BCUT2D eigenvalue weighted by molar-refractivity contribution is 0.0614. The van der Waals surface area contributed by atoms with E-state index in [0.29, 0.717) is 11.5 Å². The Morgan fingerprint density at radius 1 is 1.16 bits per heavy atom. The quantitative estimate of drug-likeness (QED) is 0.756. The van der Waals surface area contributed by atoms with E-state index in [1.165, 1.54) is 12.1 Å².